The number of nitrogens with one attached hydrogen (secondary N) is 1. The number of aliphatic hydroxyl groups excluding tert-OH is 2. The lowest BCUT2D eigenvalue weighted by atomic mass is 10.0. The second-order valence-corrected chi connectivity index (χ2v) is 16.9. The third-order valence-corrected chi connectivity index (χ3v) is 11.1. The van der Waals surface area contributed by atoms with Gasteiger partial charge < -0.3 is 20.3 Å². The van der Waals surface area contributed by atoms with Gasteiger partial charge in [0.1, 0.15) is 6.10 Å². The first-order valence-corrected chi connectivity index (χ1v) is 25.0. The molecule has 59 heavy (non-hydrogen) atoms. The quantitative estimate of drug-likeness (QED) is 0.0323. The van der Waals surface area contributed by atoms with Crippen LogP contribution in [0.2, 0.25) is 0 Å². The molecule has 3 N–H and O–H groups in total. The van der Waals surface area contributed by atoms with Crippen molar-refractivity contribution in [3.63, 3.8) is 0 Å². The van der Waals surface area contributed by atoms with E-state index < -0.39 is 18.2 Å². The third-order valence-electron chi connectivity index (χ3n) is 11.1. The molecule has 0 bridgehead atoms. The molecular formula is C53H95NO5. The molecule has 0 aromatic rings. The van der Waals surface area contributed by atoms with E-state index in [1.54, 1.807) is 0 Å². The maximum absolute atomic E-state index is 13.1. The highest BCUT2D eigenvalue weighted by Gasteiger charge is 2.23. The van der Waals surface area contributed by atoms with Crippen molar-refractivity contribution in [2.45, 2.75) is 257 Å². The Labute approximate surface area is 365 Å². The van der Waals surface area contributed by atoms with Crippen molar-refractivity contribution in [3.8, 4) is 0 Å². The Morgan fingerprint density at radius 3 is 1.29 bits per heavy atom. The van der Waals surface area contributed by atoms with Crippen LogP contribution in [-0.2, 0) is 14.3 Å². The number of hydrogen-bond donors (Lipinski definition) is 3. The molecule has 0 aliphatic carbocycles. The van der Waals surface area contributed by atoms with Crippen LogP contribution in [0.3, 0.4) is 0 Å². The molecule has 0 aliphatic rings. The molecule has 1 amide bonds. The highest BCUT2D eigenvalue weighted by atomic mass is 16.5. The van der Waals surface area contributed by atoms with Crippen molar-refractivity contribution in [1.29, 1.82) is 0 Å². The number of hydrogen-bond acceptors (Lipinski definition) is 5. The summed E-state index contributed by atoms with van der Waals surface area (Å²) in [4.78, 5) is 26.0. The van der Waals surface area contributed by atoms with Crippen LogP contribution in [0.4, 0.5) is 0 Å². The number of esters is 1. The molecule has 342 valence electrons. The van der Waals surface area contributed by atoms with Gasteiger partial charge in [0.25, 0.3) is 0 Å². The topological polar surface area (TPSA) is 95.9 Å². The molecule has 0 fully saturated rings. The van der Waals surface area contributed by atoms with Crippen molar-refractivity contribution < 1.29 is 24.5 Å². The van der Waals surface area contributed by atoms with Crippen LogP contribution in [0.1, 0.15) is 239 Å². The van der Waals surface area contributed by atoms with Gasteiger partial charge >= 0.3 is 5.97 Å². The molecule has 3 atom stereocenters. The molecule has 0 saturated heterocycles. The van der Waals surface area contributed by atoms with E-state index >= 15 is 0 Å². The third kappa shape index (κ3) is 42.1. The second kappa shape index (κ2) is 46.6. The molecule has 0 aliphatic heterocycles. The first kappa shape index (κ1) is 56.6. The van der Waals surface area contributed by atoms with Crippen LogP contribution in [0.5, 0.6) is 0 Å². The van der Waals surface area contributed by atoms with Crippen LogP contribution in [0, 0.1) is 0 Å². The average molecular weight is 826 g/mol. The van der Waals surface area contributed by atoms with Crippen molar-refractivity contribution in [1.82, 2.24) is 5.32 Å². The smallest absolute Gasteiger partial charge is 0.306 e. The molecule has 6 nitrogen and oxygen atoms in total. The molecule has 3 unspecified atom stereocenters. The minimum atomic E-state index is -0.811. The lowest BCUT2D eigenvalue weighted by molar-refractivity contribution is -0.150. The van der Waals surface area contributed by atoms with E-state index in [0.717, 1.165) is 70.6 Å². The number of aliphatic hydroxyl groups is 2. The Bertz CT molecular complexity index is 1060. The number of allylic oxidation sites excluding steroid dienone is 9. The highest BCUT2D eigenvalue weighted by Crippen LogP contribution is 2.16. The molecule has 0 aromatic carbocycles. The summed E-state index contributed by atoms with van der Waals surface area (Å²) >= 11 is 0. The van der Waals surface area contributed by atoms with Gasteiger partial charge in [0, 0.05) is 12.8 Å². The number of rotatable bonds is 44. The second-order valence-electron chi connectivity index (χ2n) is 16.9. The maximum Gasteiger partial charge on any atom is 0.306 e. The predicted molar refractivity (Wildman–Crippen MR) is 255 cm³/mol. The molecule has 0 heterocycles. The Balaban J connectivity index is 4.63. The molecular weight excluding hydrogens is 731 g/mol. The lowest BCUT2D eigenvalue weighted by Gasteiger charge is -2.24. The summed E-state index contributed by atoms with van der Waals surface area (Å²) in [5.74, 6) is -0.580. The van der Waals surface area contributed by atoms with E-state index in [-0.39, 0.29) is 24.9 Å². The summed E-state index contributed by atoms with van der Waals surface area (Å²) in [6.45, 7) is 6.32. The number of amides is 1. The molecule has 6 heteroatoms. The summed E-state index contributed by atoms with van der Waals surface area (Å²) < 4.78 is 5.84. The fourth-order valence-electron chi connectivity index (χ4n) is 7.34. The van der Waals surface area contributed by atoms with Gasteiger partial charge in [0.2, 0.25) is 5.91 Å². The van der Waals surface area contributed by atoms with Crippen LogP contribution in [-0.4, -0.2) is 46.9 Å². The van der Waals surface area contributed by atoms with Crippen molar-refractivity contribution in [3.05, 3.63) is 60.8 Å². The van der Waals surface area contributed by atoms with Crippen molar-refractivity contribution in [2.24, 2.45) is 0 Å². The van der Waals surface area contributed by atoms with Gasteiger partial charge in [-0.05, 0) is 44.9 Å². The fourth-order valence-corrected chi connectivity index (χ4v) is 7.34. The van der Waals surface area contributed by atoms with E-state index in [1.807, 2.05) is 12.2 Å². The zero-order chi connectivity index (χ0) is 43.1. The van der Waals surface area contributed by atoms with E-state index in [2.05, 4.69) is 74.7 Å². The normalized spacial score (nSPS) is 13.8. The number of carbonyl (C=O) groups is 2. The van der Waals surface area contributed by atoms with Crippen LogP contribution in [0.15, 0.2) is 60.8 Å². The molecule has 0 aromatic heterocycles. The van der Waals surface area contributed by atoms with Gasteiger partial charge in [-0.2, -0.15) is 0 Å². The van der Waals surface area contributed by atoms with Crippen molar-refractivity contribution >= 4 is 11.9 Å². The van der Waals surface area contributed by atoms with Crippen molar-refractivity contribution in [2.75, 3.05) is 6.61 Å². The van der Waals surface area contributed by atoms with Gasteiger partial charge in [0.15, 0.2) is 0 Å². The summed E-state index contributed by atoms with van der Waals surface area (Å²) in [5.41, 5.74) is 0. The highest BCUT2D eigenvalue weighted by molar-refractivity contribution is 5.77. The largest absolute Gasteiger partial charge is 0.461 e. The van der Waals surface area contributed by atoms with Crippen LogP contribution in [0.25, 0.3) is 0 Å². The Hall–Kier alpha value is -2.44. The molecule has 0 spiro atoms. The summed E-state index contributed by atoms with van der Waals surface area (Å²) in [6.07, 6.45) is 57.3. The summed E-state index contributed by atoms with van der Waals surface area (Å²) in [7, 11) is 0. The number of carbonyl (C=O) groups excluding carboxylic acids is 2. The zero-order valence-electron chi connectivity index (χ0n) is 38.9. The minimum absolute atomic E-state index is 0.0000781. The standard InChI is InChI=1S/C53H95NO5/c1-4-7-10-13-16-19-21-23-25-27-29-31-34-36-39-42-45-51(56)50(48-55)54-52(57)47-49(59-53(58)46-43-40-37-32-18-15-12-9-6-3)44-41-38-35-33-30-28-26-24-22-20-17-14-11-8-5-2/h8,11,17,20,24,26,30,33,38,41,49-51,55-56H,4-7,9-10,12-16,18-19,21-23,25,27-29,31-32,34-37,39-40,42-48H2,1-3H3,(H,54,57)/b11-8-,20-17-,26-24-,33-30-,41-38-. The predicted octanol–water partition coefficient (Wildman–Crippen LogP) is 14.8. The first-order chi connectivity index (χ1) is 29.0. The molecule has 0 radical (unpaired) electrons. The Morgan fingerprint density at radius 1 is 0.508 bits per heavy atom. The average Bonchev–Trinajstić information content (AvgIpc) is 3.23. The zero-order valence-corrected chi connectivity index (χ0v) is 38.9. The maximum atomic E-state index is 13.1. The van der Waals surface area contributed by atoms with E-state index in [1.165, 1.54) is 122 Å². The van der Waals surface area contributed by atoms with Crippen LogP contribution < -0.4 is 5.32 Å². The molecule has 0 rings (SSSR count). The van der Waals surface area contributed by atoms with E-state index in [0.29, 0.717) is 19.3 Å². The minimum Gasteiger partial charge on any atom is -0.461 e. The Morgan fingerprint density at radius 2 is 0.881 bits per heavy atom. The monoisotopic (exact) mass is 826 g/mol. The van der Waals surface area contributed by atoms with Gasteiger partial charge in [-0.25, -0.2) is 0 Å². The summed E-state index contributed by atoms with van der Waals surface area (Å²) in [6, 6.07) is -0.731. The Kier molecular flexibility index (Phi) is 44.7. The summed E-state index contributed by atoms with van der Waals surface area (Å²) in [5, 5.41) is 23.7. The van der Waals surface area contributed by atoms with E-state index in [9.17, 15) is 19.8 Å². The first-order valence-electron chi connectivity index (χ1n) is 25.0. The fraction of sp³-hybridized carbons (Fsp3) is 0.774. The molecule has 0 saturated carbocycles. The van der Waals surface area contributed by atoms with Gasteiger partial charge in [0.05, 0.1) is 25.2 Å². The number of unbranched alkanes of at least 4 members (excludes halogenated alkanes) is 23. The van der Waals surface area contributed by atoms with Gasteiger partial charge in [-0.15, -0.1) is 0 Å². The van der Waals surface area contributed by atoms with Gasteiger partial charge in [-0.1, -0.05) is 236 Å². The SMILES string of the molecule is CC/C=C\C/C=C\C/C=C\C/C=C\C/C=C\CC(CC(=O)NC(CO)C(O)CCCCCCCCCCCCCCCCCC)OC(=O)CCCCCCCCCCC. The van der Waals surface area contributed by atoms with E-state index in [4.69, 9.17) is 4.74 Å². The van der Waals surface area contributed by atoms with Crippen LogP contribution >= 0.6 is 0 Å². The number of ether oxygens (including phenoxy) is 1. The van der Waals surface area contributed by atoms with Gasteiger partial charge in [-0.3, -0.25) is 9.59 Å². The lowest BCUT2D eigenvalue weighted by Crippen LogP contribution is -2.46.